The first-order chi connectivity index (χ1) is 26.0. The molecule has 0 bridgehead atoms. The molecule has 0 N–H and O–H groups in total. The van der Waals surface area contributed by atoms with Gasteiger partial charge in [0.2, 0.25) is 0 Å². The Bertz CT molecular complexity index is 1150. The first-order valence-corrected chi connectivity index (χ1v) is 22.2. The molecule has 10 heteroatoms. The van der Waals surface area contributed by atoms with E-state index in [1.54, 1.807) is 6.08 Å². The highest BCUT2D eigenvalue weighted by molar-refractivity contribution is 7.45. The largest absolute Gasteiger partial charge is 0.756 e. The van der Waals surface area contributed by atoms with Gasteiger partial charge in [-0.25, -0.2) is 4.79 Å². The van der Waals surface area contributed by atoms with E-state index in [9.17, 15) is 19.0 Å². The van der Waals surface area contributed by atoms with E-state index in [-0.39, 0.29) is 19.6 Å². The molecule has 9 nitrogen and oxygen atoms in total. The zero-order valence-corrected chi connectivity index (χ0v) is 35.5. The van der Waals surface area contributed by atoms with Crippen molar-refractivity contribution in [1.29, 1.82) is 0 Å². The van der Waals surface area contributed by atoms with Gasteiger partial charge >= 0.3 is 11.9 Å². The molecule has 0 rings (SSSR count). The number of ether oxygens (including phenoxy) is 2. The highest BCUT2D eigenvalue weighted by Crippen LogP contribution is 2.38. The molecule has 0 aromatic carbocycles. The summed E-state index contributed by atoms with van der Waals surface area (Å²) < 4.78 is 33.6. The maximum atomic E-state index is 12.6. The minimum absolute atomic E-state index is 0.0522. The van der Waals surface area contributed by atoms with Crippen LogP contribution in [0.15, 0.2) is 72.9 Å². The number of nitrogens with zero attached hydrogens (tertiary/aromatic N) is 1. The van der Waals surface area contributed by atoms with Crippen LogP contribution in [-0.2, 0) is 32.7 Å². The van der Waals surface area contributed by atoms with Crippen molar-refractivity contribution in [2.24, 2.45) is 0 Å². The molecule has 1 unspecified atom stereocenters. The van der Waals surface area contributed by atoms with Crippen LogP contribution in [-0.4, -0.2) is 70.0 Å². The Morgan fingerprint density at radius 1 is 0.630 bits per heavy atom. The minimum atomic E-state index is -4.65. The van der Waals surface area contributed by atoms with Crippen LogP contribution in [0, 0.1) is 0 Å². The molecule has 0 amide bonds. The molecule has 0 radical (unpaired) electrons. The van der Waals surface area contributed by atoms with E-state index >= 15 is 0 Å². The van der Waals surface area contributed by atoms with E-state index in [4.69, 9.17) is 18.5 Å². The van der Waals surface area contributed by atoms with Crippen molar-refractivity contribution in [2.75, 3.05) is 47.5 Å². The zero-order valence-electron chi connectivity index (χ0n) is 34.6. The number of likely N-dealkylation sites (N-methyl/N-ethyl adjacent to an activating group) is 1. The van der Waals surface area contributed by atoms with Crippen LogP contribution in [0.4, 0.5) is 0 Å². The van der Waals surface area contributed by atoms with Gasteiger partial charge in [0.15, 0.2) is 6.10 Å². The summed E-state index contributed by atoms with van der Waals surface area (Å²) in [5, 5.41) is 0. The van der Waals surface area contributed by atoms with E-state index in [0.717, 1.165) is 51.4 Å². The Hall–Kier alpha value is -2.55. The predicted molar refractivity (Wildman–Crippen MR) is 222 cm³/mol. The standard InChI is InChI=1S/C44H76NO8P/c1-6-8-10-12-14-16-18-20-22-24-26-28-30-32-34-36-43(46)50-40-42(41-52-54(48,49)51-39-38-45(3,4)5)53-44(47)37-35-33-31-29-27-25-23-21-19-17-15-13-11-9-7-2/h9,11,13,15,17,19,21,23,30,32,34,36,42H,6-8,10,12,14,16,18,20,22,24-29,31,33,35,37-41H2,1-5H3/b11-9+,15-13+,19-17+,23-21+,32-30+,36-34+/t42-/m1/s1. The normalized spacial score (nSPS) is 14.4. The van der Waals surface area contributed by atoms with Crippen molar-refractivity contribution in [2.45, 2.75) is 148 Å². The molecule has 0 aliphatic heterocycles. The Balaban J connectivity index is 4.56. The number of phosphoric ester groups is 1. The van der Waals surface area contributed by atoms with Crippen molar-refractivity contribution in [3.8, 4) is 0 Å². The van der Waals surface area contributed by atoms with Crippen LogP contribution >= 0.6 is 7.82 Å². The molecular formula is C44H76NO8P. The molecule has 0 heterocycles. The molecule has 0 aliphatic rings. The fourth-order valence-electron chi connectivity index (χ4n) is 5.17. The predicted octanol–water partition coefficient (Wildman–Crippen LogP) is 10.8. The van der Waals surface area contributed by atoms with Crippen LogP contribution in [0.3, 0.4) is 0 Å². The van der Waals surface area contributed by atoms with Gasteiger partial charge in [0.1, 0.15) is 19.8 Å². The van der Waals surface area contributed by atoms with Crippen molar-refractivity contribution in [3.63, 3.8) is 0 Å². The van der Waals surface area contributed by atoms with Gasteiger partial charge in [-0.3, -0.25) is 9.36 Å². The van der Waals surface area contributed by atoms with E-state index in [0.29, 0.717) is 17.4 Å². The quantitative estimate of drug-likeness (QED) is 0.0154. The number of esters is 2. The fraction of sp³-hybridized carbons (Fsp3) is 0.682. The van der Waals surface area contributed by atoms with E-state index < -0.39 is 32.5 Å². The third-order valence-electron chi connectivity index (χ3n) is 8.41. The molecule has 0 spiro atoms. The number of hydrogen-bond donors (Lipinski definition) is 0. The summed E-state index contributed by atoms with van der Waals surface area (Å²) >= 11 is 0. The topological polar surface area (TPSA) is 111 Å². The van der Waals surface area contributed by atoms with Gasteiger partial charge in [-0.2, -0.15) is 0 Å². The smallest absolute Gasteiger partial charge is 0.330 e. The Kier molecular flexibility index (Phi) is 34.4. The average molecular weight is 778 g/mol. The number of rotatable bonds is 36. The summed E-state index contributed by atoms with van der Waals surface area (Å²) in [6.45, 7) is 3.90. The first-order valence-electron chi connectivity index (χ1n) is 20.7. The number of allylic oxidation sites excluding steroid dienone is 11. The molecular weight excluding hydrogens is 701 g/mol. The first kappa shape index (κ1) is 51.5. The monoisotopic (exact) mass is 778 g/mol. The SMILES string of the molecule is CC/C=C/C=C/C=C/C=C/CCCCCCCC(=O)O[C@H](COC(=O)/C=C/C=C/CCCCCCCCCCCCC)COP(=O)([O-])OCC[N+](C)(C)C. The average Bonchev–Trinajstić information content (AvgIpc) is 3.12. The Morgan fingerprint density at radius 3 is 1.69 bits per heavy atom. The maximum absolute atomic E-state index is 12.6. The van der Waals surface area contributed by atoms with Gasteiger partial charge in [-0.05, 0) is 38.5 Å². The summed E-state index contributed by atoms with van der Waals surface area (Å²) in [4.78, 5) is 37.3. The molecule has 310 valence electrons. The summed E-state index contributed by atoms with van der Waals surface area (Å²) in [6, 6.07) is 0. The second kappa shape index (κ2) is 36.1. The van der Waals surface area contributed by atoms with Gasteiger partial charge in [-0.15, -0.1) is 0 Å². The van der Waals surface area contributed by atoms with Gasteiger partial charge in [0.25, 0.3) is 7.82 Å². The highest BCUT2D eigenvalue weighted by Gasteiger charge is 2.21. The highest BCUT2D eigenvalue weighted by atomic mass is 31.2. The Labute approximate surface area is 329 Å². The maximum Gasteiger partial charge on any atom is 0.330 e. The lowest BCUT2D eigenvalue weighted by atomic mass is 10.1. The molecule has 0 saturated heterocycles. The second-order valence-corrected chi connectivity index (χ2v) is 16.2. The molecule has 0 fully saturated rings. The molecule has 0 saturated carbocycles. The summed E-state index contributed by atoms with van der Waals surface area (Å²) in [7, 11) is 1.09. The van der Waals surface area contributed by atoms with Crippen molar-refractivity contribution in [1.82, 2.24) is 0 Å². The van der Waals surface area contributed by atoms with Crippen LogP contribution in [0.1, 0.15) is 142 Å². The molecule has 0 aromatic rings. The summed E-state index contributed by atoms with van der Waals surface area (Å²) in [5.74, 6) is -1.12. The lowest BCUT2D eigenvalue weighted by Crippen LogP contribution is -2.37. The van der Waals surface area contributed by atoms with E-state index in [1.807, 2.05) is 63.7 Å². The molecule has 0 aromatic heterocycles. The lowest BCUT2D eigenvalue weighted by molar-refractivity contribution is -0.870. The number of phosphoric acid groups is 1. The fourth-order valence-corrected chi connectivity index (χ4v) is 5.89. The van der Waals surface area contributed by atoms with Crippen molar-refractivity contribution in [3.05, 3.63) is 72.9 Å². The summed E-state index contributed by atoms with van der Waals surface area (Å²) in [5.41, 5.74) is 0. The number of carbonyl (C=O) groups excluding carboxylic acids is 2. The number of carbonyl (C=O) groups is 2. The number of unbranched alkanes of at least 4 members (excludes halogenated alkanes) is 16. The van der Waals surface area contributed by atoms with Crippen LogP contribution in [0.5, 0.6) is 0 Å². The molecule has 2 atom stereocenters. The summed E-state index contributed by atoms with van der Waals surface area (Å²) in [6.07, 6.45) is 44.2. The zero-order chi connectivity index (χ0) is 40.0. The second-order valence-electron chi connectivity index (χ2n) is 14.8. The van der Waals surface area contributed by atoms with Gasteiger partial charge in [-0.1, -0.05) is 164 Å². The van der Waals surface area contributed by atoms with Crippen molar-refractivity contribution < 1.29 is 42.1 Å². The number of hydrogen-bond acceptors (Lipinski definition) is 8. The van der Waals surface area contributed by atoms with Gasteiger partial charge in [0.05, 0.1) is 27.7 Å². The van der Waals surface area contributed by atoms with Crippen LogP contribution in [0.25, 0.3) is 0 Å². The third-order valence-corrected chi connectivity index (χ3v) is 9.37. The van der Waals surface area contributed by atoms with E-state index in [2.05, 4.69) is 32.1 Å². The lowest BCUT2D eigenvalue weighted by Gasteiger charge is -2.28. The Morgan fingerprint density at radius 2 is 1.13 bits per heavy atom. The number of quaternary nitrogens is 1. The minimum Gasteiger partial charge on any atom is -0.756 e. The van der Waals surface area contributed by atoms with Crippen LogP contribution in [0.2, 0.25) is 0 Å². The van der Waals surface area contributed by atoms with E-state index in [1.165, 1.54) is 70.3 Å². The molecule has 54 heavy (non-hydrogen) atoms. The van der Waals surface area contributed by atoms with Gasteiger partial charge in [0, 0.05) is 12.5 Å². The third kappa shape index (κ3) is 39.2. The van der Waals surface area contributed by atoms with Crippen molar-refractivity contribution >= 4 is 19.8 Å². The molecule has 0 aliphatic carbocycles. The van der Waals surface area contributed by atoms with Gasteiger partial charge < -0.3 is 27.9 Å². The van der Waals surface area contributed by atoms with Crippen LogP contribution < -0.4 is 4.89 Å².